The molecule has 88 valence electrons. The van der Waals surface area contributed by atoms with E-state index < -0.39 is 0 Å². The molecule has 0 spiro atoms. The number of carbonyl (C=O) groups is 1. The van der Waals surface area contributed by atoms with E-state index in [4.69, 9.17) is 4.52 Å². The lowest BCUT2D eigenvalue weighted by Gasteiger charge is -2.16. The van der Waals surface area contributed by atoms with E-state index >= 15 is 0 Å². The van der Waals surface area contributed by atoms with Gasteiger partial charge in [0.05, 0.1) is 6.10 Å². The third-order valence-corrected chi connectivity index (χ3v) is 3.04. The molecular weight excluding hydrogens is 208 g/mol. The van der Waals surface area contributed by atoms with Gasteiger partial charge in [0.15, 0.2) is 5.69 Å². The van der Waals surface area contributed by atoms with Crippen molar-refractivity contribution in [2.75, 3.05) is 13.1 Å². The molecule has 0 radical (unpaired) electrons. The highest BCUT2D eigenvalue weighted by Crippen LogP contribution is 2.21. The molecule has 0 aromatic carbocycles. The molecular formula is C11H16N2O3. The van der Waals surface area contributed by atoms with Crippen LogP contribution in [-0.2, 0) is 0 Å². The summed E-state index contributed by atoms with van der Waals surface area (Å²) < 4.78 is 4.87. The molecule has 1 fully saturated rings. The molecule has 0 bridgehead atoms. The van der Waals surface area contributed by atoms with Crippen LogP contribution >= 0.6 is 0 Å². The minimum atomic E-state index is -0.364. The fraction of sp³-hybridized carbons (Fsp3) is 0.636. The molecule has 2 heterocycles. The van der Waals surface area contributed by atoms with E-state index in [0.29, 0.717) is 24.5 Å². The molecule has 5 nitrogen and oxygen atoms in total. The monoisotopic (exact) mass is 224 g/mol. The number of hydrogen-bond donors (Lipinski definition) is 1. The zero-order valence-electron chi connectivity index (χ0n) is 9.51. The Labute approximate surface area is 94.0 Å². The van der Waals surface area contributed by atoms with Crippen LogP contribution in [0, 0.1) is 12.8 Å². The van der Waals surface area contributed by atoms with E-state index in [0.717, 1.165) is 6.42 Å². The zero-order chi connectivity index (χ0) is 11.7. The Kier molecular flexibility index (Phi) is 2.96. The van der Waals surface area contributed by atoms with Crippen LogP contribution in [0.2, 0.25) is 0 Å². The van der Waals surface area contributed by atoms with Crippen molar-refractivity contribution in [1.82, 2.24) is 10.1 Å². The predicted molar refractivity (Wildman–Crippen MR) is 56.9 cm³/mol. The Morgan fingerprint density at radius 2 is 2.50 bits per heavy atom. The van der Waals surface area contributed by atoms with Crippen LogP contribution in [0.4, 0.5) is 0 Å². The molecule has 5 heteroatoms. The lowest BCUT2D eigenvalue weighted by molar-refractivity contribution is 0.0752. The molecule has 2 unspecified atom stereocenters. The van der Waals surface area contributed by atoms with Crippen LogP contribution in [0.3, 0.4) is 0 Å². The number of aryl methyl sites for hydroxylation is 1. The first-order valence-electron chi connectivity index (χ1n) is 5.48. The molecule has 1 aliphatic heterocycles. The Morgan fingerprint density at radius 3 is 3.00 bits per heavy atom. The van der Waals surface area contributed by atoms with Crippen LogP contribution in [0.5, 0.6) is 0 Å². The Hall–Kier alpha value is -1.36. The molecule has 1 aromatic rings. The number of aliphatic hydroxyl groups is 1. The highest BCUT2D eigenvalue weighted by molar-refractivity contribution is 5.92. The van der Waals surface area contributed by atoms with Crippen LogP contribution < -0.4 is 0 Å². The maximum atomic E-state index is 12.0. The van der Waals surface area contributed by atoms with Crippen molar-refractivity contribution in [3.05, 3.63) is 17.5 Å². The summed E-state index contributed by atoms with van der Waals surface area (Å²) in [4.78, 5) is 13.7. The molecule has 1 amide bonds. The Morgan fingerprint density at radius 1 is 1.75 bits per heavy atom. The highest BCUT2D eigenvalue weighted by atomic mass is 16.5. The van der Waals surface area contributed by atoms with Gasteiger partial charge in [-0.2, -0.15) is 0 Å². The second-order valence-electron chi connectivity index (χ2n) is 4.36. The Balaban J connectivity index is 2.02. The van der Waals surface area contributed by atoms with Gasteiger partial charge in [0.1, 0.15) is 5.76 Å². The predicted octanol–water partition coefficient (Wildman–Crippen LogP) is 0.826. The van der Waals surface area contributed by atoms with Crippen molar-refractivity contribution in [2.45, 2.75) is 26.4 Å². The van der Waals surface area contributed by atoms with Gasteiger partial charge < -0.3 is 14.5 Å². The molecule has 0 aliphatic carbocycles. The van der Waals surface area contributed by atoms with Gasteiger partial charge in [-0.15, -0.1) is 0 Å². The highest BCUT2D eigenvalue weighted by Gasteiger charge is 2.30. The second-order valence-corrected chi connectivity index (χ2v) is 4.36. The fourth-order valence-electron chi connectivity index (χ4n) is 1.99. The Bertz CT molecular complexity index is 386. The quantitative estimate of drug-likeness (QED) is 0.807. The van der Waals surface area contributed by atoms with Gasteiger partial charge in [-0.3, -0.25) is 4.79 Å². The molecule has 1 aliphatic rings. The van der Waals surface area contributed by atoms with E-state index in [1.807, 2.05) is 0 Å². The largest absolute Gasteiger partial charge is 0.393 e. The number of aliphatic hydroxyl groups excluding tert-OH is 1. The average molecular weight is 224 g/mol. The number of aromatic nitrogens is 1. The average Bonchev–Trinajstić information content (AvgIpc) is 2.84. The number of nitrogens with zero attached hydrogens (tertiary/aromatic N) is 2. The standard InChI is InChI=1S/C11H16N2O3/c1-7-5-10(12-16-7)11(15)13-4-3-9(6-13)8(2)14/h5,8-9,14H,3-4,6H2,1-2H3. The van der Waals surface area contributed by atoms with E-state index in [2.05, 4.69) is 5.16 Å². The van der Waals surface area contributed by atoms with Crippen molar-refractivity contribution in [3.63, 3.8) is 0 Å². The maximum Gasteiger partial charge on any atom is 0.276 e. The summed E-state index contributed by atoms with van der Waals surface area (Å²) in [5.74, 6) is 0.701. The second kappa shape index (κ2) is 4.25. The smallest absolute Gasteiger partial charge is 0.276 e. The zero-order valence-corrected chi connectivity index (χ0v) is 9.51. The third-order valence-electron chi connectivity index (χ3n) is 3.04. The number of carbonyl (C=O) groups excluding carboxylic acids is 1. The third kappa shape index (κ3) is 2.09. The van der Waals surface area contributed by atoms with E-state index in [-0.39, 0.29) is 17.9 Å². The summed E-state index contributed by atoms with van der Waals surface area (Å²) in [5, 5.41) is 13.2. The van der Waals surface area contributed by atoms with Crippen molar-refractivity contribution < 1.29 is 14.4 Å². The summed E-state index contributed by atoms with van der Waals surface area (Å²) in [6, 6.07) is 1.64. The van der Waals surface area contributed by atoms with Crippen LogP contribution in [0.15, 0.2) is 10.6 Å². The number of likely N-dealkylation sites (tertiary alicyclic amines) is 1. The maximum absolute atomic E-state index is 12.0. The number of amides is 1. The topological polar surface area (TPSA) is 66.6 Å². The first kappa shape index (κ1) is 11.1. The molecule has 1 aromatic heterocycles. The lowest BCUT2D eigenvalue weighted by Crippen LogP contribution is -2.30. The molecule has 2 rings (SSSR count). The van der Waals surface area contributed by atoms with Gasteiger partial charge in [-0.05, 0) is 20.3 Å². The fourth-order valence-corrected chi connectivity index (χ4v) is 1.99. The number of rotatable bonds is 2. The summed E-state index contributed by atoms with van der Waals surface area (Å²) in [6.07, 6.45) is 0.483. The minimum absolute atomic E-state index is 0.111. The van der Waals surface area contributed by atoms with E-state index in [9.17, 15) is 9.90 Å². The first-order chi connectivity index (χ1) is 7.58. The normalized spacial score (nSPS) is 22.4. The minimum Gasteiger partial charge on any atom is -0.393 e. The van der Waals surface area contributed by atoms with Gasteiger partial charge in [0.25, 0.3) is 5.91 Å². The van der Waals surface area contributed by atoms with Crippen molar-refractivity contribution in [3.8, 4) is 0 Å². The summed E-state index contributed by atoms with van der Waals surface area (Å²) >= 11 is 0. The summed E-state index contributed by atoms with van der Waals surface area (Å²) in [6.45, 7) is 4.80. The van der Waals surface area contributed by atoms with E-state index in [1.54, 1.807) is 24.8 Å². The SMILES string of the molecule is Cc1cc(C(=O)N2CCC(C(C)O)C2)no1. The van der Waals surface area contributed by atoms with Crippen molar-refractivity contribution in [2.24, 2.45) is 5.92 Å². The first-order valence-corrected chi connectivity index (χ1v) is 5.48. The van der Waals surface area contributed by atoms with E-state index in [1.165, 1.54) is 0 Å². The molecule has 16 heavy (non-hydrogen) atoms. The molecule has 1 N–H and O–H groups in total. The van der Waals surface area contributed by atoms with Crippen molar-refractivity contribution in [1.29, 1.82) is 0 Å². The van der Waals surface area contributed by atoms with Crippen LogP contribution in [0.1, 0.15) is 29.6 Å². The van der Waals surface area contributed by atoms with Gasteiger partial charge in [0, 0.05) is 25.1 Å². The van der Waals surface area contributed by atoms with Crippen LogP contribution in [-0.4, -0.2) is 40.3 Å². The van der Waals surface area contributed by atoms with Crippen LogP contribution in [0.25, 0.3) is 0 Å². The van der Waals surface area contributed by atoms with Gasteiger partial charge in [0.2, 0.25) is 0 Å². The van der Waals surface area contributed by atoms with Gasteiger partial charge in [-0.1, -0.05) is 5.16 Å². The molecule has 0 saturated carbocycles. The molecule has 2 atom stereocenters. The summed E-state index contributed by atoms with van der Waals surface area (Å²) in [7, 11) is 0. The molecule has 1 saturated heterocycles. The van der Waals surface area contributed by atoms with Gasteiger partial charge in [-0.25, -0.2) is 0 Å². The van der Waals surface area contributed by atoms with Crippen molar-refractivity contribution >= 4 is 5.91 Å². The lowest BCUT2D eigenvalue weighted by atomic mass is 10.0. The summed E-state index contributed by atoms with van der Waals surface area (Å²) in [5.41, 5.74) is 0.351. The van der Waals surface area contributed by atoms with Gasteiger partial charge >= 0.3 is 0 Å². The number of hydrogen-bond acceptors (Lipinski definition) is 4.